The highest BCUT2D eigenvalue weighted by Crippen LogP contribution is 2.32. The second-order valence-corrected chi connectivity index (χ2v) is 7.77. The zero-order valence-electron chi connectivity index (χ0n) is 17.7. The van der Waals surface area contributed by atoms with Gasteiger partial charge in [-0.1, -0.05) is 71.8 Å². The molecule has 0 aliphatic heterocycles. The van der Waals surface area contributed by atoms with Crippen LogP contribution in [0.3, 0.4) is 0 Å². The number of benzene rings is 3. The fraction of sp³-hybridized carbons (Fsp3) is 0.115. The van der Waals surface area contributed by atoms with Crippen LogP contribution in [0.2, 0.25) is 5.02 Å². The standard InChI is InChI=1S/C26H21ClN2O3/c1-17-12-13-19-15-23(28-25(21(19)14-17)18-8-4-3-5-9-18)29(16-24(30)32-2)26(31)20-10-6-7-11-22(20)27/h3-15H,16H2,1-2H3. The van der Waals surface area contributed by atoms with E-state index in [-0.39, 0.29) is 12.1 Å². The zero-order chi connectivity index (χ0) is 22.7. The first-order chi connectivity index (χ1) is 15.5. The molecule has 0 spiro atoms. The summed E-state index contributed by atoms with van der Waals surface area (Å²) in [6.45, 7) is 1.73. The normalized spacial score (nSPS) is 10.7. The second kappa shape index (κ2) is 9.20. The molecule has 160 valence electrons. The van der Waals surface area contributed by atoms with Gasteiger partial charge in [0.15, 0.2) is 0 Å². The van der Waals surface area contributed by atoms with E-state index in [1.54, 1.807) is 30.3 Å². The van der Waals surface area contributed by atoms with Gasteiger partial charge in [0.25, 0.3) is 5.91 Å². The molecule has 0 aliphatic rings. The molecule has 0 saturated heterocycles. The van der Waals surface area contributed by atoms with Gasteiger partial charge in [-0.2, -0.15) is 0 Å². The Kier molecular flexibility index (Phi) is 6.19. The molecule has 5 nitrogen and oxygen atoms in total. The lowest BCUT2D eigenvalue weighted by Gasteiger charge is -2.23. The number of aromatic nitrogens is 1. The summed E-state index contributed by atoms with van der Waals surface area (Å²) in [5, 5.41) is 2.16. The predicted octanol–water partition coefficient (Wildman–Crippen LogP) is 5.68. The summed E-state index contributed by atoms with van der Waals surface area (Å²) in [5.41, 5.74) is 3.02. The molecule has 32 heavy (non-hydrogen) atoms. The minimum atomic E-state index is -0.558. The van der Waals surface area contributed by atoms with Crippen molar-refractivity contribution in [2.24, 2.45) is 0 Å². The van der Waals surface area contributed by atoms with Crippen molar-refractivity contribution in [2.75, 3.05) is 18.6 Å². The molecule has 4 aromatic rings. The highest BCUT2D eigenvalue weighted by Gasteiger charge is 2.25. The third kappa shape index (κ3) is 4.34. The average Bonchev–Trinajstić information content (AvgIpc) is 2.82. The van der Waals surface area contributed by atoms with E-state index >= 15 is 0 Å². The molecule has 0 radical (unpaired) electrons. The Morgan fingerprint density at radius 2 is 1.69 bits per heavy atom. The molecule has 4 rings (SSSR count). The number of ether oxygens (including phenoxy) is 1. The topological polar surface area (TPSA) is 59.5 Å². The highest BCUT2D eigenvalue weighted by atomic mass is 35.5. The first-order valence-corrected chi connectivity index (χ1v) is 10.5. The molecule has 0 saturated carbocycles. The van der Waals surface area contributed by atoms with Gasteiger partial charge < -0.3 is 4.74 Å². The Balaban J connectivity index is 1.93. The fourth-order valence-corrected chi connectivity index (χ4v) is 3.75. The molecule has 0 N–H and O–H groups in total. The number of anilines is 1. The quantitative estimate of drug-likeness (QED) is 0.371. The Hall–Kier alpha value is -3.70. The lowest BCUT2D eigenvalue weighted by atomic mass is 10.0. The number of halogens is 1. The smallest absolute Gasteiger partial charge is 0.325 e. The maximum Gasteiger partial charge on any atom is 0.325 e. The van der Waals surface area contributed by atoms with Crippen molar-refractivity contribution >= 4 is 40.1 Å². The van der Waals surface area contributed by atoms with Crippen LogP contribution in [0.4, 0.5) is 5.82 Å². The number of hydrogen-bond acceptors (Lipinski definition) is 4. The molecular formula is C26H21ClN2O3. The first kappa shape index (κ1) is 21.5. The van der Waals surface area contributed by atoms with Crippen molar-refractivity contribution in [3.63, 3.8) is 0 Å². The Bertz CT molecular complexity index is 1310. The summed E-state index contributed by atoms with van der Waals surface area (Å²) < 4.78 is 4.84. The fourth-order valence-electron chi connectivity index (χ4n) is 3.53. The number of methoxy groups -OCH3 is 1. The Labute approximate surface area is 191 Å². The van der Waals surface area contributed by atoms with Gasteiger partial charge in [0, 0.05) is 10.9 Å². The molecular weight excluding hydrogens is 424 g/mol. The van der Waals surface area contributed by atoms with E-state index in [9.17, 15) is 9.59 Å². The van der Waals surface area contributed by atoms with Crippen molar-refractivity contribution in [1.29, 1.82) is 0 Å². The third-order valence-corrected chi connectivity index (χ3v) is 5.49. The lowest BCUT2D eigenvalue weighted by molar-refractivity contribution is -0.138. The largest absolute Gasteiger partial charge is 0.468 e. The van der Waals surface area contributed by atoms with E-state index in [2.05, 4.69) is 6.07 Å². The molecule has 1 aromatic heterocycles. The average molecular weight is 445 g/mol. The number of carbonyl (C=O) groups is 2. The lowest BCUT2D eigenvalue weighted by Crippen LogP contribution is -2.37. The summed E-state index contributed by atoms with van der Waals surface area (Å²) in [4.78, 5) is 31.8. The van der Waals surface area contributed by atoms with Crippen molar-refractivity contribution in [3.05, 3.63) is 95.0 Å². The number of amides is 1. The van der Waals surface area contributed by atoms with Crippen LogP contribution < -0.4 is 4.90 Å². The number of hydrogen-bond donors (Lipinski definition) is 0. The van der Waals surface area contributed by atoms with Crippen LogP contribution in [-0.2, 0) is 9.53 Å². The van der Waals surface area contributed by atoms with Crippen molar-refractivity contribution < 1.29 is 14.3 Å². The van der Waals surface area contributed by atoms with Crippen molar-refractivity contribution in [3.8, 4) is 11.3 Å². The van der Waals surface area contributed by atoms with Gasteiger partial charge in [0.2, 0.25) is 0 Å². The molecule has 1 heterocycles. The van der Waals surface area contributed by atoms with Crippen LogP contribution in [0.5, 0.6) is 0 Å². The van der Waals surface area contributed by atoms with Gasteiger partial charge in [0.05, 0.1) is 23.4 Å². The van der Waals surface area contributed by atoms with E-state index in [1.807, 2.05) is 49.4 Å². The van der Waals surface area contributed by atoms with Crippen LogP contribution in [0.25, 0.3) is 22.0 Å². The number of esters is 1. The van der Waals surface area contributed by atoms with Gasteiger partial charge in [-0.3, -0.25) is 14.5 Å². The molecule has 0 bridgehead atoms. The SMILES string of the molecule is COC(=O)CN(C(=O)c1ccccc1Cl)c1cc2ccc(C)cc2c(-c2ccccc2)n1. The van der Waals surface area contributed by atoms with Crippen LogP contribution in [-0.4, -0.2) is 30.5 Å². The monoisotopic (exact) mass is 444 g/mol. The zero-order valence-corrected chi connectivity index (χ0v) is 18.5. The molecule has 0 atom stereocenters. The van der Waals surface area contributed by atoms with E-state index in [0.717, 1.165) is 27.6 Å². The van der Waals surface area contributed by atoms with E-state index in [0.29, 0.717) is 10.8 Å². The maximum absolute atomic E-state index is 13.4. The summed E-state index contributed by atoms with van der Waals surface area (Å²) in [7, 11) is 1.28. The number of nitrogens with zero attached hydrogens (tertiary/aromatic N) is 2. The summed E-state index contributed by atoms with van der Waals surface area (Å²) in [6.07, 6.45) is 0. The molecule has 3 aromatic carbocycles. The number of carbonyl (C=O) groups excluding carboxylic acids is 2. The minimum Gasteiger partial charge on any atom is -0.468 e. The number of fused-ring (bicyclic) bond motifs is 1. The Morgan fingerprint density at radius 1 is 0.969 bits per heavy atom. The summed E-state index contributed by atoms with van der Waals surface area (Å²) in [6, 6.07) is 24.3. The van der Waals surface area contributed by atoms with Crippen molar-refractivity contribution in [2.45, 2.75) is 6.92 Å². The van der Waals surface area contributed by atoms with Crippen LogP contribution in [0.15, 0.2) is 78.9 Å². The highest BCUT2D eigenvalue weighted by molar-refractivity contribution is 6.34. The number of aryl methyl sites for hydroxylation is 1. The van der Waals surface area contributed by atoms with Gasteiger partial charge in [0.1, 0.15) is 12.4 Å². The van der Waals surface area contributed by atoms with E-state index in [1.165, 1.54) is 12.0 Å². The molecule has 0 fully saturated rings. The second-order valence-electron chi connectivity index (χ2n) is 7.37. The summed E-state index contributed by atoms with van der Waals surface area (Å²) in [5.74, 6) is -0.646. The first-order valence-electron chi connectivity index (χ1n) is 10.1. The minimum absolute atomic E-state index is 0.283. The predicted molar refractivity (Wildman–Crippen MR) is 127 cm³/mol. The number of rotatable bonds is 5. The molecule has 0 unspecified atom stereocenters. The third-order valence-electron chi connectivity index (χ3n) is 5.16. The number of pyridine rings is 1. The van der Waals surface area contributed by atoms with Crippen LogP contribution in [0, 0.1) is 6.92 Å². The van der Waals surface area contributed by atoms with Gasteiger partial charge in [-0.15, -0.1) is 0 Å². The van der Waals surface area contributed by atoms with E-state index < -0.39 is 11.9 Å². The molecule has 0 aliphatic carbocycles. The van der Waals surface area contributed by atoms with Gasteiger partial charge in [-0.05, 0) is 36.6 Å². The molecule has 6 heteroatoms. The van der Waals surface area contributed by atoms with Crippen LogP contribution >= 0.6 is 11.6 Å². The van der Waals surface area contributed by atoms with Crippen molar-refractivity contribution in [1.82, 2.24) is 4.98 Å². The van der Waals surface area contributed by atoms with Gasteiger partial charge in [-0.25, -0.2) is 4.98 Å². The van der Waals surface area contributed by atoms with Gasteiger partial charge >= 0.3 is 5.97 Å². The Morgan fingerprint density at radius 3 is 2.41 bits per heavy atom. The van der Waals surface area contributed by atoms with Crippen LogP contribution in [0.1, 0.15) is 15.9 Å². The molecule has 1 amide bonds. The van der Waals surface area contributed by atoms with E-state index in [4.69, 9.17) is 21.3 Å². The maximum atomic E-state index is 13.4. The summed E-state index contributed by atoms with van der Waals surface area (Å²) >= 11 is 6.28.